The van der Waals surface area contributed by atoms with Crippen LogP contribution in [0.4, 0.5) is 5.69 Å². The molecule has 2 amide bonds. The molecular weight excluding hydrogens is 392 g/mol. The summed E-state index contributed by atoms with van der Waals surface area (Å²) >= 11 is 7.44. The van der Waals surface area contributed by atoms with Gasteiger partial charge in [-0.05, 0) is 61.2 Å². The summed E-state index contributed by atoms with van der Waals surface area (Å²) in [7, 11) is 0. The van der Waals surface area contributed by atoms with E-state index in [0.29, 0.717) is 27.9 Å². The molecule has 0 bridgehead atoms. The lowest BCUT2D eigenvalue weighted by molar-refractivity contribution is 0.0949. The minimum atomic E-state index is -0.195. The number of aryl methyl sites for hydroxylation is 1. The molecule has 142 valence electrons. The summed E-state index contributed by atoms with van der Waals surface area (Å²) in [4.78, 5) is 26.0. The Balaban J connectivity index is 1.50. The highest BCUT2D eigenvalue weighted by Gasteiger charge is 2.24. The maximum Gasteiger partial charge on any atom is 0.256 e. The number of anilines is 1. The maximum absolute atomic E-state index is 12.7. The Labute approximate surface area is 172 Å². The van der Waals surface area contributed by atoms with Crippen LogP contribution in [0.25, 0.3) is 10.4 Å². The Hall–Kier alpha value is -2.63. The van der Waals surface area contributed by atoms with Gasteiger partial charge in [-0.2, -0.15) is 0 Å². The summed E-state index contributed by atoms with van der Waals surface area (Å²) in [6.45, 7) is 1.91. The fraction of sp³-hybridized carbons (Fsp3) is 0.182. The van der Waals surface area contributed by atoms with Crippen LogP contribution in [0.15, 0.2) is 53.9 Å². The van der Waals surface area contributed by atoms with Gasteiger partial charge in [-0.3, -0.25) is 9.59 Å². The van der Waals surface area contributed by atoms with Gasteiger partial charge in [0.1, 0.15) is 0 Å². The van der Waals surface area contributed by atoms with Crippen LogP contribution in [0.2, 0.25) is 5.02 Å². The summed E-state index contributed by atoms with van der Waals surface area (Å²) in [5.74, 6) is -0.294. The normalized spacial score (nSPS) is 13.2. The van der Waals surface area contributed by atoms with E-state index in [4.69, 9.17) is 11.6 Å². The molecular formula is C22H19ClN2O2S. The average molecular weight is 411 g/mol. The monoisotopic (exact) mass is 410 g/mol. The Kier molecular flexibility index (Phi) is 5.20. The first kappa shape index (κ1) is 18.7. The Morgan fingerprint density at radius 3 is 2.46 bits per heavy atom. The van der Waals surface area contributed by atoms with E-state index in [0.717, 1.165) is 28.8 Å². The predicted octanol–water partition coefficient (Wildman–Crippen LogP) is 5.52. The molecule has 1 aliphatic rings. The zero-order chi connectivity index (χ0) is 19.7. The van der Waals surface area contributed by atoms with Crippen LogP contribution in [-0.2, 0) is 0 Å². The van der Waals surface area contributed by atoms with Crippen LogP contribution in [0.3, 0.4) is 0 Å². The van der Waals surface area contributed by atoms with Gasteiger partial charge in [0.15, 0.2) is 0 Å². The summed E-state index contributed by atoms with van der Waals surface area (Å²) in [5, 5.41) is 8.41. The third-order valence-electron chi connectivity index (χ3n) is 4.65. The van der Waals surface area contributed by atoms with Crippen LogP contribution in [0.5, 0.6) is 0 Å². The van der Waals surface area contributed by atoms with Crippen molar-refractivity contribution >= 4 is 40.4 Å². The lowest BCUT2D eigenvalue weighted by atomic mass is 10.1. The Morgan fingerprint density at radius 1 is 1.00 bits per heavy atom. The third kappa shape index (κ3) is 4.26. The summed E-state index contributed by atoms with van der Waals surface area (Å²) in [5.41, 5.74) is 3.71. The number of halogens is 1. The molecule has 1 aromatic heterocycles. The van der Waals surface area contributed by atoms with Gasteiger partial charge < -0.3 is 10.6 Å². The number of thiophene rings is 1. The number of benzene rings is 2. The molecule has 28 heavy (non-hydrogen) atoms. The zero-order valence-corrected chi connectivity index (χ0v) is 16.9. The summed E-state index contributed by atoms with van der Waals surface area (Å²) in [6.07, 6.45) is 2.07. The topological polar surface area (TPSA) is 58.2 Å². The first-order valence-electron chi connectivity index (χ1n) is 9.07. The molecule has 3 aromatic rings. The van der Waals surface area contributed by atoms with Crippen LogP contribution in [0, 0.1) is 6.92 Å². The molecule has 0 unspecified atom stereocenters. The third-order valence-corrected chi connectivity index (χ3v) is 5.88. The molecule has 0 saturated heterocycles. The van der Waals surface area contributed by atoms with Crippen LogP contribution in [-0.4, -0.2) is 17.9 Å². The van der Waals surface area contributed by atoms with Crippen molar-refractivity contribution in [3.05, 3.63) is 75.6 Å². The number of hydrogen-bond acceptors (Lipinski definition) is 3. The quantitative estimate of drug-likeness (QED) is 0.581. The molecule has 4 rings (SSSR count). The Bertz CT molecular complexity index is 1040. The van der Waals surface area contributed by atoms with Crippen molar-refractivity contribution in [2.75, 3.05) is 5.32 Å². The molecule has 1 saturated carbocycles. The van der Waals surface area contributed by atoms with Gasteiger partial charge in [0.2, 0.25) is 0 Å². The van der Waals surface area contributed by atoms with E-state index in [1.807, 2.05) is 48.7 Å². The lowest BCUT2D eigenvalue weighted by Gasteiger charge is -2.10. The van der Waals surface area contributed by atoms with Gasteiger partial charge in [-0.15, -0.1) is 11.3 Å². The van der Waals surface area contributed by atoms with Crippen LogP contribution >= 0.6 is 22.9 Å². The summed E-state index contributed by atoms with van der Waals surface area (Å²) < 4.78 is 0. The van der Waals surface area contributed by atoms with Crippen molar-refractivity contribution in [3.8, 4) is 10.4 Å². The van der Waals surface area contributed by atoms with Crippen molar-refractivity contribution in [2.24, 2.45) is 0 Å². The van der Waals surface area contributed by atoms with Gasteiger partial charge in [-0.1, -0.05) is 29.8 Å². The average Bonchev–Trinajstić information content (AvgIpc) is 3.35. The number of amides is 2. The largest absolute Gasteiger partial charge is 0.349 e. The molecule has 0 aliphatic heterocycles. The van der Waals surface area contributed by atoms with E-state index in [2.05, 4.69) is 10.6 Å². The minimum absolute atomic E-state index is 0.0986. The first-order chi connectivity index (χ1) is 13.5. The number of hydrogen-bond donors (Lipinski definition) is 2. The maximum atomic E-state index is 12.7. The van der Waals surface area contributed by atoms with Gasteiger partial charge in [0.25, 0.3) is 11.8 Å². The molecule has 1 fully saturated rings. The first-order valence-corrected chi connectivity index (χ1v) is 10.3. The van der Waals surface area contributed by atoms with Gasteiger partial charge in [-0.25, -0.2) is 0 Å². The smallest absolute Gasteiger partial charge is 0.256 e. The highest BCUT2D eigenvalue weighted by atomic mass is 35.5. The van der Waals surface area contributed by atoms with E-state index in [9.17, 15) is 9.59 Å². The molecule has 1 heterocycles. The van der Waals surface area contributed by atoms with E-state index in [1.165, 1.54) is 11.3 Å². The SMILES string of the molecule is Cc1ccc(C(=O)NC2CC2)cc1NC(=O)c1csc(-c2ccc(Cl)cc2)c1. The molecule has 2 N–H and O–H groups in total. The summed E-state index contributed by atoms with van der Waals surface area (Å²) in [6, 6.07) is 15.1. The van der Waals surface area contributed by atoms with Gasteiger partial charge in [0.05, 0.1) is 5.56 Å². The lowest BCUT2D eigenvalue weighted by Crippen LogP contribution is -2.25. The van der Waals surface area contributed by atoms with E-state index >= 15 is 0 Å². The molecule has 0 spiro atoms. The van der Waals surface area contributed by atoms with Crippen molar-refractivity contribution in [2.45, 2.75) is 25.8 Å². The van der Waals surface area contributed by atoms with E-state index in [1.54, 1.807) is 12.1 Å². The van der Waals surface area contributed by atoms with Crippen molar-refractivity contribution in [1.29, 1.82) is 0 Å². The van der Waals surface area contributed by atoms with Crippen molar-refractivity contribution < 1.29 is 9.59 Å². The standard InChI is InChI=1S/C22H19ClN2O2S/c1-13-2-3-15(21(26)24-18-8-9-18)10-19(13)25-22(27)16-11-20(28-12-16)14-4-6-17(23)7-5-14/h2-7,10-12,18H,8-9H2,1H3,(H,24,26)(H,25,27). The second-order valence-corrected chi connectivity index (χ2v) is 8.29. The van der Waals surface area contributed by atoms with Crippen LogP contribution < -0.4 is 10.6 Å². The fourth-order valence-corrected chi connectivity index (χ4v) is 3.83. The predicted molar refractivity (Wildman–Crippen MR) is 114 cm³/mol. The minimum Gasteiger partial charge on any atom is -0.349 e. The van der Waals surface area contributed by atoms with Crippen LogP contribution in [0.1, 0.15) is 39.1 Å². The van der Waals surface area contributed by atoms with E-state index in [-0.39, 0.29) is 11.8 Å². The highest BCUT2D eigenvalue weighted by Crippen LogP contribution is 2.29. The number of rotatable bonds is 5. The Morgan fingerprint density at radius 2 is 1.75 bits per heavy atom. The van der Waals surface area contributed by atoms with Gasteiger partial charge >= 0.3 is 0 Å². The van der Waals surface area contributed by atoms with E-state index < -0.39 is 0 Å². The molecule has 6 heteroatoms. The molecule has 0 radical (unpaired) electrons. The van der Waals surface area contributed by atoms with Crippen molar-refractivity contribution in [1.82, 2.24) is 5.32 Å². The molecule has 1 aliphatic carbocycles. The van der Waals surface area contributed by atoms with Gasteiger partial charge in [0, 0.05) is 32.6 Å². The number of nitrogens with one attached hydrogen (secondary N) is 2. The second kappa shape index (κ2) is 7.78. The molecule has 2 aromatic carbocycles. The fourth-order valence-electron chi connectivity index (χ4n) is 2.81. The number of carbonyl (C=O) groups excluding carboxylic acids is 2. The number of carbonyl (C=O) groups is 2. The van der Waals surface area contributed by atoms with Crippen molar-refractivity contribution in [3.63, 3.8) is 0 Å². The second-order valence-electron chi connectivity index (χ2n) is 6.94. The highest BCUT2D eigenvalue weighted by molar-refractivity contribution is 7.13. The molecule has 4 nitrogen and oxygen atoms in total. The zero-order valence-electron chi connectivity index (χ0n) is 15.3. The molecule has 0 atom stereocenters.